The van der Waals surface area contributed by atoms with Gasteiger partial charge < -0.3 is 14.6 Å². The van der Waals surface area contributed by atoms with Gasteiger partial charge in [0.25, 0.3) is 0 Å². The van der Waals surface area contributed by atoms with E-state index in [0.717, 1.165) is 30.4 Å². The highest BCUT2D eigenvalue weighted by Crippen LogP contribution is 2.39. The van der Waals surface area contributed by atoms with Gasteiger partial charge in [-0.2, -0.15) is 0 Å². The lowest BCUT2D eigenvalue weighted by Gasteiger charge is -2.19. The Labute approximate surface area is 112 Å². The molecule has 1 aromatic heterocycles. The van der Waals surface area contributed by atoms with Gasteiger partial charge in [0.05, 0.1) is 23.2 Å². The molecule has 19 heavy (non-hydrogen) atoms. The third kappa shape index (κ3) is 1.91. The lowest BCUT2D eigenvalue weighted by atomic mass is 10.1. The lowest BCUT2D eigenvalue weighted by Crippen LogP contribution is -2.31. The number of hydrogen-bond donors (Lipinski definition) is 1. The van der Waals surface area contributed by atoms with Gasteiger partial charge in [-0.3, -0.25) is 0 Å². The van der Waals surface area contributed by atoms with Gasteiger partial charge in [0.15, 0.2) is 0 Å². The van der Waals surface area contributed by atoms with Crippen molar-refractivity contribution in [3.63, 3.8) is 0 Å². The van der Waals surface area contributed by atoms with Gasteiger partial charge in [-0.15, -0.1) is 0 Å². The molecule has 2 fully saturated rings. The van der Waals surface area contributed by atoms with Gasteiger partial charge in [-0.25, -0.2) is 4.98 Å². The molecular formula is C15H19N3O. The van der Waals surface area contributed by atoms with Gasteiger partial charge in [0.1, 0.15) is 0 Å². The first-order chi connectivity index (χ1) is 9.33. The number of hydrogen-bond acceptors (Lipinski definition) is 3. The van der Waals surface area contributed by atoms with Crippen LogP contribution in [-0.2, 0) is 11.8 Å². The van der Waals surface area contributed by atoms with Gasteiger partial charge in [0.2, 0.25) is 5.95 Å². The minimum absolute atomic E-state index is 0.389. The Morgan fingerprint density at radius 2 is 2.11 bits per heavy atom. The molecule has 0 bridgehead atoms. The molecule has 1 saturated heterocycles. The molecule has 4 heteroatoms. The number of fused-ring (bicyclic) bond motifs is 1. The maximum absolute atomic E-state index is 5.88. The molecule has 1 saturated carbocycles. The largest absolute Gasteiger partial charge is 0.376 e. The maximum atomic E-state index is 5.88. The number of imidazole rings is 1. The fourth-order valence-electron chi connectivity index (χ4n) is 3.10. The molecule has 100 valence electrons. The van der Waals surface area contributed by atoms with E-state index < -0.39 is 0 Å². The second-order valence-corrected chi connectivity index (χ2v) is 5.70. The number of para-hydroxylation sites is 2. The Bertz CT molecular complexity index is 602. The molecule has 2 aromatic rings. The first-order valence-corrected chi connectivity index (χ1v) is 7.12. The van der Waals surface area contributed by atoms with E-state index in [4.69, 9.17) is 4.74 Å². The molecule has 0 amide bonds. The van der Waals surface area contributed by atoms with Gasteiger partial charge in [-0.05, 0) is 37.3 Å². The summed E-state index contributed by atoms with van der Waals surface area (Å²) >= 11 is 0. The zero-order valence-electron chi connectivity index (χ0n) is 11.2. The zero-order valence-corrected chi connectivity index (χ0v) is 11.2. The number of anilines is 1. The van der Waals surface area contributed by atoms with Crippen LogP contribution < -0.4 is 5.32 Å². The van der Waals surface area contributed by atoms with E-state index in [2.05, 4.69) is 40.1 Å². The zero-order chi connectivity index (χ0) is 12.8. The second-order valence-electron chi connectivity index (χ2n) is 5.70. The summed E-state index contributed by atoms with van der Waals surface area (Å²) in [5, 5.41) is 3.60. The van der Waals surface area contributed by atoms with Gasteiger partial charge in [-0.1, -0.05) is 12.1 Å². The minimum atomic E-state index is 0.389. The summed E-state index contributed by atoms with van der Waals surface area (Å²) in [6.07, 6.45) is 4.13. The van der Waals surface area contributed by atoms with Crippen molar-refractivity contribution in [1.29, 1.82) is 0 Å². The van der Waals surface area contributed by atoms with Crippen molar-refractivity contribution in [3.05, 3.63) is 24.3 Å². The molecule has 1 N–H and O–H groups in total. The van der Waals surface area contributed by atoms with E-state index in [0.29, 0.717) is 12.1 Å². The predicted octanol–water partition coefficient (Wildman–Crippen LogP) is 2.55. The lowest BCUT2D eigenvalue weighted by molar-refractivity contribution is 0.0897. The molecular weight excluding hydrogens is 238 g/mol. The predicted molar refractivity (Wildman–Crippen MR) is 75.2 cm³/mol. The Hall–Kier alpha value is -1.55. The van der Waals surface area contributed by atoms with Crippen LogP contribution >= 0.6 is 0 Å². The summed E-state index contributed by atoms with van der Waals surface area (Å²) < 4.78 is 8.01. The molecule has 2 atom stereocenters. The SMILES string of the molecule is Cn1c(NC2CCOC2C2CC2)nc2ccccc21. The molecule has 2 aliphatic rings. The normalized spacial score (nSPS) is 27.0. The van der Waals surface area contributed by atoms with Crippen molar-refractivity contribution in [3.8, 4) is 0 Å². The van der Waals surface area contributed by atoms with Crippen molar-refractivity contribution in [2.75, 3.05) is 11.9 Å². The number of benzene rings is 1. The number of aryl methyl sites for hydroxylation is 1. The number of aromatic nitrogens is 2. The van der Waals surface area contributed by atoms with Crippen molar-refractivity contribution in [1.82, 2.24) is 9.55 Å². The van der Waals surface area contributed by atoms with Crippen LogP contribution in [0.25, 0.3) is 11.0 Å². The van der Waals surface area contributed by atoms with Crippen LogP contribution in [0.5, 0.6) is 0 Å². The first-order valence-electron chi connectivity index (χ1n) is 7.12. The Balaban J connectivity index is 1.62. The summed E-state index contributed by atoms with van der Waals surface area (Å²) in [6.45, 7) is 0.878. The summed E-state index contributed by atoms with van der Waals surface area (Å²) in [5.74, 6) is 1.73. The molecule has 0 radical (unpaired) electrons. The average molecular weight is 257 g/mol. The number of nitrogens with one attached hydrogen (secondary N) is 1. The quantitative estimate of drug-likeness (QED) is 0.918. The summed E-state index contributed by atoms with van der Waals surface area (Å²) in [4.78, 5) is 4.69. The third-order valence-electron chi connectivity index (χ3n) is 4.32. The Morgan fingerprint density at radius 1 is 1.26 bits per heavy atom. The minimum Gasteiger partial charge on any atom is -0.376 e. The fourth-order valence-corrected chi connectivity index (χ4v) is 3.10. The van der Waals surface area contributed by atoms with Crippen LogP contribution in [0.1, 0.15) is 19.3 Å². The molecule has 4 rings (SSSR count). The van der Waals surface area contributed by atoms with Crippen LogP contribution in [0, 0.1) is 5.92 Å². The molecule has 1 aliphatic carbocycles. The Kier molecular flexibility index (Phi) is 2.52. The Morgan fingerprint density at radius 3 is 2.89 bits per heavy atom. The van der Waals surface area contributed by atoms with Crippen LogP contribution in [0.2, 0.25) is 0 Å². The van der Waals surface area contributed by atoms with Crippen LogP contribution in [0.4, 0.5) is 5.95 Å². The van der Waals surface area contributed by atoms with Crippen molar-refractivity contribution >= 4 is 17.0 Å². The molecule has 0 spiro atoms. The van der Waals surface area contributed by atoms with E-state index in [1.807, 2.05) is 6.07 Å². The molecule has 2 heterocycles. The standard InChI is InChI=1S/C15H19N3O/c1-18-13-5-3-2-4-11(13)16-15(18)17-12-8-9-19-14(12)10-6-7-10/h2-5,10,12,14H,6-9H2,1H3,(H,16,17). The van der Waals surface area contributed by atoms with E-state index >= 15 is 0 Å². The smallest absolute Gasteiger partial charge is 0.203 e. The number of ether oxygens (including phenoxy) is 1. The highest BCUT2D eigenvalue weighted by molar-refractivity contribution is 5.78. The molecule has 2 unspecified atom stereocenters. The van der Waals surface area contributed by atoms with Crippen molar-refractivity contribution in [2.45, 2.75) is 31.4 Å². The van der Waals surface area contributed by atoms with E-state index in [-0.39, 0.29) is 0 Å². The highest BCUT2D eigenvalue weighted by Gasteiger charge is 2.40. The third-order valence-corrected chi connectivity index (χ3v) is 4.32. The molecule has 1 aromatic carbocycles. The van der Waals surface area contributed by atoms with E-state index in [1.54, 1.807) is 0 Å². The summed E-state index contributed by atoms with van der Waals surface area (Å²) in [6, 6.07) is 8.67. The second kappa shape index (κ2) is 4.23. The molecule has 1 aliphatic heterocycles. The average Bonchev–Trinajstić information content (AvgIpc) is 3.10. The van der Waals surface area contributed by atoms with Crippen LogP contribution in [0.3, 0.4) is 0 Å². The first kappa shape index (κ1) is 11.3. The van der Waals surface area contributed by atoms with E-state index in [9.17, 15) is 0 Å². The fraction of sp³-hybridized carbons (Fsp3) is 0.533. The van der Waals surface area contributed by atoms with Gasteiger partial charge >= 0.3 is 0 Å². The highest BCUT2D eigenvalue weighted by atomic mass is 16.5. The maximum Gasteiger partial charge on any atom is 0.203 e. The number of nitrogens with zero attached hydrogens (tertiary/aromatic N) is 2. The van der Waals surface area contributed by atoms with Crippen LogP contribution in [0.15, 0.2) is 24.3 Å². The monoisotopic (exact) mass is 257 g/mol. The number of rotatable bonds is 3. The summed E-state index contributed by atoms with van der Waals surface area (Å²) in [7, 11) is 2.07. The molecule has 4 nitrogen and oxygen atoms in total. The van der Waals surface area contributed by atoms with Crippen molar-refractivity contribution in [2.24, 2.45) is 13.0 Å². The summed E-state index contributed by atoms with van der Waals surface area (Å²) in [5.41, 5.74) is 2.22. The van der Waals surface area contributed by atoms with Crippen LogP contribution in [-0.4, -0.2) is 28.3 Å². The van der Waals surface area contributed by atoms with E-state index in [1.165, 1.54) is 18.4 Å². The van der Waals surface area contributed by atoms with Crippen molar-refractivity contribution < 1.29 is 4.74 Å². The topological polar surface area (TPSA) is 39.1 Å². The van der Waals surface area contributed by atoms with Gasteiger partial charge in [0, 0.05) is 13.7 Å².